The summed E-state index contributed by atoms with van der Waals surface area (Å²) in [6.07, 6.45) is 0. The van der Waals surface area contributed by atoms with Gasteiger partial charge in [-0.05, 0) is 363 Å². The van der Waals surface area contributed by atoms with Crippen molar-refractivity contribution in [2.45, 2.75) is 41.5 Å². The molecule has 8 nitrogen and oxygen atoms in total. The number of ketones is 3. The number of ether oxygens (including phenoxy) is 2. The van der Waals surface area contributed by atoms with Crippen LogP contribution >= 0.6 is 189 Å². The average molecular weight is 2260 g/mol. The number of carbonyl (C=O) groups is 6. The number of fused-ring (bicyclic) bond motifs is 2. The lowest BCUT2D eigenvalue weighted by atomic mass is 9.97. The molecule has 0 aliphatic carbocycles. The maximum absolute atomic E-state index is 13.7. The molecule has 123 heavy (non-hydrogen) atoms. The van der Waals surface area contributed by atoms with Gasteiger partial charge in [0.15, 0.2) is 5.78 Å². The van der Waals surface area contributed by atoms with Gasteiger partial charge in [-0.1, -0.05) is 173 Å². The molecule has 0 aliphatic heterocycles. The molecule has 4 aromatic heterocycles. The van der Waals surface area contributed by atoms with Gasteiger partial charge in [0.05, 0.1) is 35.1 Å². The van der Waals surface area contributed by atoms with E-state index in [9.17, 15) is 46.3 Å². The Morgan fingerprint density at radius 3 is 1.29 bits per heavy atom. The summed E-state index contributed by atoms with van der Waals surface area (Å²) < 4.78 is 69.6. The number of benzene rings is 12. The molecule has 0 bridgehead atoms. The van der Waals surface area contributed by atoms with E-state index in [2.05, 4.69) is 145 Å². The van der Waals surface area contributed by atoms with Crippen molar-refractivity contribution < 1.29 is 55.8 Å². The lowest BCUT2D eigenvalue weighted by Gasteiger charge is -2.08. The number of hydrogen-bond acceptors (Lipinski definition) is 12. The van der Waals surface area contributed by atoms with Crippen LogP contribution in [-0.4, -0.2) is 47.3 Å². The number of rotatable bonds is 13. The van der Waals surface area contributed by atoms with Crippen LogP contribution in [0.15, 0.2) is 314 Å². The van der Waals surface area contributed by atoms with Gasteiger partial charge < -0.3 is 9.47 Å². The standard InChI is InChI=1S/C18H12FIOS.C16H15BrO2.C15H8BrFOS.C10H7FS.C9H8BrClO.C8H6ClIO.C8H6S.C7H3BrClFO.C7H8O/c1-11-2-7-14(20)10-15(11)18(21)17-9-8-16(22-17)12-3-5-13(19)6-4-12;1-10-8-11(2)15(17)9-14(10)16(18)12-4-6-13(19-3)7-5-12;16-10-5-6-12(17)11(8-10)15(18)14-7-9-3-1-2-4-13(9)19-14;11-9-5-3-8(4-6-9)10-2-1-7-12-10;1-5-3-6(2)8(10)4-7(5)9(11)12;1-5-2-3-6(10)4-7(5)8(9)11;1-2-4-8-7(3-1)5-6-9-8;8-4-1-2-6(10)5(3-4)7(9)11;1-8-7-5-3-2-4-6-7/h2-10H,1H3;4-9H,1-3H3;1-8H;1-7H;3-4H,1-2H3;2-4H,1H3;1-6H;1-3H;2-6H,1H3. The van der Waals surface area contributed by atoms with Crippen molar-refractivity contribution in [3.8, 4) is 32.4 Å². The Balaban J connectivity index is 0.000000175. The number of hydrogen-bond donors (Lipinski definition) is 0. The van der Waals surface area contributed by atoms with Gasteiger partial charge in [0.2, 0.25) is 11.6 Å². The highest BCUT2D eigenvalue weighted by Gasteiger charge is 2.20. The maximum atomic E-state index is 13.7. The smallest absolute Gasteiger partial charge is 0.255 e. The molecule has 0 fully saturated rings. The zero-order valence-electron chi connectivity index (χ0n) is 66.6. The van der Waals surface area contributed by atoms with Gasteiger partial charge in [-0.3, -0.25) is 28.8 Å². The van der Waals surface area contributed by atoms with Crippen LogP contribution in [-0.2, 0) is 0 Å². The third kappa shape index (κ3) is 31.0. The Morgan fingerprint density at radius 1 is 0.333 bits per heavy atom. The van der Waals surface area contributed by atoms with E-state index >= 15 is 0 Å². The molecule has 25 heteroatoms. The molecule has 0 atom stereocenters. The molecule has 16 aromatic rings. The first-order valence-corrected chi connectivity index (χ1v) is 46.6. The summed E-state index contributed by atoms with van der Waals surface area (Å²) in [7, 11) is 3.27. The molecular weight excluding hydrogens is 2190 g/mol. The van der Waals surface area contributed by atoms with Gasteiger partial charge in [0, 0.05) is 72.0 Å². The fraction of sp³-hybridized carbons (Fsp3) is 0.0816. The molecule has 0 aliphatic rings. The normalized spacial score (nSPS) is 10.2. The lowest BCUT2D eigenvalue weighted by Crippen LogP contribution is -2.04. The van der Waals surface area contributed by atoms with Gasteiger partial charge in [-0.2, -0.15) is 0 Å². The highest BCUT2D eigenvalue weighted by molar-refractivity contribution is 14.1. The molecule has 0 saturated carbocycles. The quantitative estimate of drug-likeness (QED) is 0.0484. The van der Waals surface area contributed by atoms with Crippen molar-refractivity contribution in [3.63, 3.8) is 0 Å². The SMILES string of the molecule is COc1ccc(C(=O)c2cc(Br)c(C)cc2C)cc1.COc1ccccc1.Cc1cc(C)c(C(=O)Cl)cc1Br.Cc1ccc(I)cc1C(=O)Cl.Cc1ccc(I)cc1C(=O)c1ccc(-c2ccc(F)cc2)s1.Fc1ccc(-c2cccs2)cc1.O=C(Cl)c1cc(Br)ccc1F.O=C(c1cc2ccccc2s1)c1cc(Br)ccc1F.c1ccc2sccc2c1. The minimum Gasteiger partial charge on any atom is -0.497 e. The highest BCUT2D eigenvalue weighted by Crippen LogP contribution is 2.34. The zero-order valence-corrected chi connectivity index (χ0v) is 82.8. The first-order valence-electron chi connectivity index (χ1n) is 36.7. The first kappa shape index (κ1) is 100.0. The maximum Gasteiger partial charge on any atom is 0.255 e. The molecule has 0 unspecified atom stereocenters. The van der Waals surface area contributed by atoms with Gasteiger partial charge in [-0.25, -0.2) is 17.6 Å². The fourth-order valence-corrected chi connectivity index (χ4v) is 17.5. The molecule has 16 rings (SSSR count). The number of para-hydroxylation sites is 1. The van der Waals surface area contributed by atoms with E-state index in [4.69, 9.17) is 44.3 Å². The predicted molar refractivity (Wildman–Crippen MR) is 533 cm³/mol. The molecule has 628 valence electrons. The highest BCUT2D eigenvalue weighted by atomic mass is 127. The van der Waals surface area contributed by atoms with E-state index in [-0.39, 0.29) is 45.4 Å². The average Bonchev–Trinajstić information content (AvgIpc) is 1.80. The van der Waals surface area contributed by atoms with Crippen LogP contribution in [0.2, 0.25) is 0 Å². The van der Waals surface area contributed by atoms with E-state index in [0.29, 0.717) is 35.4 Å². The molecule has 0 amide bonds. The fourth-order valence-electron chi connectivity index (χ4n) is 11.1. The molecule has 12 aromatic carbocycles. The van der Waals surface area contributed by atoms with Crippen molar-refractivity contribution in [1.82, 2.24) is 0 Å². The number of thiophene rings is 4. The number of carbonyl (C=O) groups excluding carboxylic acids is 6. The first-order chi connectivity index (χ1) is 58.7. The Bertz CT molecular complexity index is 6190. The number of halogens is 13. The summed E-state index contributed by atoms with van der Waals surface area (Å²) in [5, 5.41) is 4.90. The topological polar surface area (TPSA) is 121 Å². The third-order valence-electron chi connectivity index (χ3n) is 17.6. The van der Waals surface area contributed by atoms with E-state index in [1.54, 1.807) is 104 Å². The molecule has 4 heterocycles. The Labute approximate surface area is 803 Å². The van der Waals surface area contributed by atoms with E-state index in [1.807, 2.05) is 180 Å². The predicted octanol–water partition coefficient (Wildman–Crippen LogP) is 32.6. The number of methoxy groups -OCH3 is 2. The van der Waals surface area contributed by atoms with E-state index in [0.717, 1.165) is 98.2 Å². The van der Waals surface area contributed by atoms with Gasteiger partial charge in [0.1, 0.15) is 34.8 Å². The molecule has 0 saturated heterocycles. The summed E-state index contributed by atoms with van der Waals surface area (Å²) >= 11 is 39.6. The van der Waals surface area contributed by atoms with Crippen LogP contribution in [0, 0.1) is 72.0 Å². The Morgan fingerprint density at radius 2 is 0.789 bits per heavy atom. The van der Waals surface area contributed by atoms with Crippen molar-refractivity contribution in [2.24, 2.45) is 0 Å². The number of aryl methyl sites for hydroxylation is 6. The van der Waals surface area contributed by atoms with Crippen LogP contribution in [0.5, 0.6) is 11.5 Å². The second-order valence-corrected chi connectivity index (χ2v) is 37.4. The Hall–Kier alpha value is -8.45. The second-order valence-electron chi connectivity index (χ2n) is 26.3. The lowest BCUT2D eigenvalue weighted by molar-refractivity contribution is 0.103. The third-order valence-corrected chi connectivity index (χ3v) is 26.3. The minimum atomic E-state index is -0.788. The molecular formula is C98H73Br4Cl3F4I2O8S4. The van der Waals surface area contributed by atoms with Crippen molar-refractivity contribution in [2.75, 3.05) is 14.2 Å². The van der Waals surface area contributed by atoms with Gasteiger partial charge in [-0.15, -0.1) is 45.3 Å². The summed E-state index contributed by atoms with van der Waals surface area (Å²) in [5.41, 5.74) is 11.3. The van der Waals surface area contributed by atoms with E-state index < -0.39 is 22.1 Å². The van der Waals surface area contributed by atoms with Crippen molar-refractivity contribution >= 4 is 242 Å². The largest absolute Gasteiger partial charge is 0.497 e. The van der Waals surface area contributed by atoms with Gasteiger partial charge in [0.25, 0.3) is 15.7 Å². The van der Waals surface area contributed by atoms with Crippen LogP contribution in [0.4, 0.5) is 17.6 Å². The second kappa shape index (κ2) is 50.0. The summed E-state index contributed by atoms with van der Waals surface area (Å²) in [4.78, 5) is 73.0. The molecule has 0 spiro atoms. The van der Waals surface area contributed by atoms with Crippen LogP contribution < -0.4 is 9.47 Å². The summed E-state index contributed by atoms with van der Waals surface area (Å²) in [6.45, 7) is 11.6. The molecule has 0 radical (unpaired) electrons. The molecule has 0 N–H and O–H groups in total. The van der Waals surface area contributed by atoms with Crippen LogP contribution in [0.25, 0.3) is 41.1 Å². The van der Waals surface area contributed by atoms with Crippen LogP contribution in [0.3, 0.4) is 0 Å². The monoisotopic (exact) mass is 2260 g/mol. The Kier molecular flexibility index (Phi) is 40.7. The summed E-state index contributed by atoms with van der Waals surface area (Å²) in [6, 6.07) is 85.0. The van der Waals surface area contributed by atoms with Gasteiger partial charge >= 0.3 is 0 Å². The van der Waals surface area contributed by atoms with Crippen molar-refractivity contribution in [3.05, 3.63) is 426 Å². The van der Waals surface area contributed by atoms with Crippen LogP contribution in [0.1, 0.15) is 111 Å². The summed E-state index contributed by atoms with van der Waals surface area (Å²) in [5.74, 6) is -0.0960. The minimum absolute atomic E-state index is 0.0286. The zero-order chi connectivity index (χ0) is 89.6. The van der Waals surface area contributed by atoms with Crippen molar-refractivity contribution in [1.29, 1.82) is 0 Å². The van der Waals surface area contributed by atoms with E-state index in [1.165, 1.54) is 92.2 Å².